The van der Waals surface area contributed by atoms with Gasteiger partial charge >= 0.3 is 0 Å². The molecule has 2 aromatic rings. The van der Waals surface area contributed by atoms with Crippen LogP contribution in [0.1, 0.15) is 10.4 Å². The Morgan fingerprint density at radius 2 is 1.55 bits per heavy atom. The maximum absolute atomic E-state index is 13.4. The number of hydrogen-bond donors (Lipinski definition) is 1. The van der Waals surface area contributed by atoms with E-state index in [1.165, 1.54) is 10.4 Å². The molecule has 1 amide bonds. The lowest BCUT2D eigenvalue weighted by atomic mass is 10.1. The average Bonchev–Trinajstić information content (AvgIpc) is 3.33. The van der Waals surface area contributed by atoms with Gasteiger partial charge in [0.2, 0.25) is 16.8 Å². The largest absolute Gasteiger partial charge is 0.454 e. The van der Waals surface area contributed by atoms with E-state index in [1.54, 1.807) is 30.3 Å². The van der Waals surface area contributed by atoms with Crippen LogP contribution in [-0.4, -0.2) is 78.0 Å². The van der Waals surface area contributed by atoms with E-state index >= 15 is 0 Å². The first-order valence-electron chi connectivity index (χ1n) is 10.8. The van der Waals surface area contributed by atoms with Gasteiger partial charge in [0, 0.05) is 43.6 Å². The summed E-state index contributed by atoms with van der Waals surface area (Å²) in [4.78, 5) is 15.5. The van der Waals surface area contributed by atoms with Crippen LogP contribution in [0.2, 0.25) is 0 Å². The monoisotopic (exact) mass is 475 g/mol. The molecular weight excluding hydrogens is 450 g/mol. The van der Waals surface area contributed by atoms with Crippen molar-refractivity contribution < 1.29 is 32.2 Å². The molecule has 2 aromatic carbocycles. The van der Waals surface area contributed by atoms with E-state index in [0.717, 1.165) is 0 Å². The second-order valence-electron chi connectivity index (χ2n) is 7.82. The average molecular weight is 476 g/mol. The number of hydrogen-bond acceptors (Lipinski definition) is 8. The zero-order valence-electron chi connectivity index (χ0n) is 18.0. The Labute approximate surface area is 192 Å². The van der Waals surface area contributed by atoms with Gasteiger partial charge < -0.3 is 29.2 Å². The van der Waals surface area contributed by atoms with E-state index < -0.39 is 15.9 Å². The Hall–Kier alpha value is -2.86. The van der Waals surface area contributed by atoms with Gasteiger partial charge in [-0.3, -0.25) is 4.79 Å². The summed E-state index contributed by atoms with van der Waals surface area (Å²) in [5.41, 5.74) is 1.47. The Morgan fingerprint density at radius 1 is 0.848 bits per heavy atom. The molecule has 3 aliphatic heterocycles. The summed E-state index contributed by atoms with van der Waals surface area (Å²) in [6.45, 7) is 3.70. The predicted octanol–water partition coefficient (Wildman–Crippen LogP) is 1.53. The summed E-state index contributed by atoms with van der Waals surface area (Å²) >= 11 is 0. The normalized spacial score (nSPS) is 18.8. The number of rotatable bonds is 5. The van der Waals surface area contributed by atoms with Gasteiger partial charge in [0.25, 0.3) is 5.91 Å². The number of ether oxygens (including phenoxy) is 4. The fourth-order valence-corrected chi connectivity index (χ4v) is 5.48. The van der Waals surface area contributed by atoms with E-state index in [4.69, 9.17) is 18.9 Å². The van der Waals surface area contributed by atoms with Crippen molar-refractivity contribution in [1.29, 1.82) is 0 Å². The Kier molecular flexibility index (Phi) is 6.11. The Morgan fingerprint density at radius 3 is 2.30 bits per heavy atom. The first kappa shape index (κ1) is 22.0. The summed E-state index contributed by atoms with van der Waals surface area (Å²) in [6, 6.07) is 9.84. The standard InChI is InChI=1S/C22H25N3O7S/c26-22(23-16-1-4-20-21(13-16)32-15-31-20)18-14-17(33(27,28)25-7-11-30-12-8-25)2-3-19(18)24-5-9-29-10-6-24/h1-4,13-14H,5-12,15H2,(H,23,26). The number of nitrogens with one attached hydrogen (secondary N) is 1. The van der Waals surface area contributed by atoms with E-state index in [2.05, 4.69) is 5.32 Å². The molecule has 0 saturated carbocycles. The highest BCUT2D eigenvalue weighted by Crippen LogP contribution is 2.35. The highest BCUT2D eigenvalue weighted by molar-refractivity contribution is 7.89. The molecule has 11 heteroatoms. The van der Waals surface area contributed by atoms with E-state index in [0.29, 0.717) is 62.4 Å². The van der Waals surface area contributed by atoms with Crippen LogP contribution in [0, 0.1) is 0 Å². The number of carbonyl (C=O) groups excluding carboxylic acids is 1. The molecule has 1 N–H and O–H groups in total. The number of benzene rings is 2. The minimum Gasteiger partial charge on any atom is -0.454 e. The van der Waals surface area contributed by atoms with Crippen molar-refractivity contribution in [2.24, 2.45) is 0 Å². The Balaban J connectivity index is 1.48. The van der Waals surface area contributed by atoms with Crippen molar-refractivity contribution in [3.8, 4) is 11.5 Å². The minimum absolute atomic E-state index is 0.0808. The van der Waals surface area contributed by atoms with Gasteiger partial charge in [0.05, 0.1) is 36.9 Å². The van der Waals surface area contributed by atoms with Crippen LogP contribution >= 0.6 is 0 Å². The maximum Gasteiger partial charge on any atom is 0.257 e. The predicted molar refractivity (Wildman–Crippen MR) is 120 cm³/mol. The molecule has 0 aliphatic carbocycles. The lowest BCUT2D eigenvalue weighted by Crippen LogP contribution is -2.41. The topological polar surface area (TPSA) is 107 Å². The molecule has 0 radical (unpaired) electrons. The molecule has 33 heavy (non-hydrogen) atoms. The van der Waals surface area contributed by atoms with Gasteiger partial charge in [-0.2, -0.15) is 4.31 Å². The lowest BCUT2D eigenvalue weighted by molar-refractivity contribution is 0.0730. The van der Waals surface area contributed by atoms with Gasteiger partial charge in [-0.1, -0.05) is 0 Å². The van der Waals surface area contributed by atoms with Gasteiger partial charge in [-0.25, -0.2) is 8.42 Å². The zero-order valence-corrected chi connectivity index (χ0v) is 18.8. The van der Waals surface area contributed by atoms with E-state index in [-0.39, 0.29) is 30.3 Å². The molecule has 0 aromatic heterocycles. The molecule has 0 bridgehead atoms. The lowest BCUT2D eigenvalue weighted by Gasteiger charge is -2.31. The van der Waals surface area contributed by atoms with Crippen molar-refractivity contribution in [2.45, 2.75) is 4.90 Å². The number of sulfonamides is 1. The molecule has 0 spiro atoms. The van der Waals surface area contributed by atoms with E-state index in [1.807, 2.05) is 4.90 Å². The zero-order chi connectivity index (χ0) is 22.8. The quantitative estimate of drug-likeness (QED) is 0.694. The molecule has 10 nitrogen and oxygen atoms in total. The molecule has 3 aliphatic rings. The third-order valence-corrected chi connectivity index (χ3v) is 7.70. The summed E-state index contributed by atoms with van der Waals surface area (Å²) in [5.74, 6) is 0.750. The third-order valence-electron chi connectivity index (χ3n) is 5.80. The van der Waals surface area contributed by atoms with Crippen molar-refractivity contribution in [3.63, 3.8) is 0 Å². The number of fused-ring (bicyclic) bond motifs is 1. The van der Waals surface area contributed by atoms with Crippen LogP contribution < -0.4 is 19.7 Å². The Bertz CT molecular complexity index is 1140. The van der Waals surface area contributed by atoms with Crippen molar-refractivity contribution >= 4 is 27.3 Å². The van der Waals surface area contributed by atoms with Gasteiger partial charge in [-0.15, -0.1) is 0 Å². The highest BCUT2D eigenvalue weighted by atomic mass is 32.2. The van der Waals surface area contributed by atoms with Crippen molar-refractivity contribution in [3.05, 3.63) is 42.0 Å². The first-order chi connectivity index (χ1) is 16.0. The molecule has 2 fully saturated rings. The molecule has 2 saturated heterocycles. The smallest absolute Gasteiger partial charge is 0.257 e. The van der Waals surface area contributed by atoms with Gasteiger partial charge in [0.15, 0.2) is 11.5 Å². The number of morpholine rings is 2. The van der Waals surface area contributed by atoms with Crippen molar-refractivity contribution in [1.82, 2.24) is 4.31 Å². The van der Waals surface area contributed by atoms with Gasteiger partial charge in [-0.05, 0) is 30.3 Å². The van der Waals surface area contributed by atoms with Crippen LogP contribution in [0.3, 0.4) is 0 Å². The fraction of sp³-hybridized carbons (Fsp3) is 0.409. The van der Waals surface area contributed by atoms with Gasteiger partial charge in [0.1, 0.15) is 0 Å². The van der Waals surface area contributed by atoms with Crippen LogP contribution in [-0.2, 0) is 19.5 Å². The number of carbonyl (C=O) groups is 1. The minimum atomic E-state index is -3.75. The number of anilines is 2. The molecule has 3 heterocycles. The maximum atomic E-state index is 13.4. The fourth-order valence-electron chi connectivity index (χ4n) is 4.05. The highest BCUT2D eigenvalue weighted by Gasteiger charge is 2.29. The SMILES string of the molecule is O=C(Nc1ccc2c(c1)OCO2)c1cc(S(=O)(=O)N2CCOCC2)ccc1N1CCOCC1. The summed E-state index contributed by atoms with van der Waals surface area (Å²) in [7, 11) is -3.75. The van der Waals surface area contributed by atoms with E-state index in [9.17, 15) is 13.2 Å². The molecule has 0 atom stereocenters. The van der Waals surface area contributed by atoms with Crippen LogP contribution in [0.4, 0.5) is 11.4 Å². The third kappa shape index (κ3) is 4.49. The number of nitrogens with zero attached hydrogens (tertiary/aromatic N) is 2. The summed E-state index contributed by atoms with van der Waals surface area (Å²) < 4.78 is 49.2. The van der Waals surface area contributed by atoms with Crippen LogP contribution in [0.15, 0.2) is 41.3 Å². The van der Waals surface area contributed by atoms with Crippen molar-refractivity contribution in [2.75, 3.05) is 69.6 Å². The number of amides is 1. The van der Waals surface area contributed by atoms with Crippen LogP contribution in [0.25, 0.3) is 0 Å². The summed E-state index contributed by atoms with van der Waals surface area (Å²) in [6.07, 6.45) is 0. The summed E-state index contributed by atoms with van der Waals surface area (Å²) in [5, 5.41) is 2.86. The molecule has 5 rings (SSSR count). The second kappa shape index (κ2) is 9.18. The molecule has 176 valence electrons. The molecular formula is C22H25N3O7S. The second-order valence-corrected chi connectivity index (χ2v) is 9.75. The molecule has 0 unspecified atom stereocenters. The first-order valence-corrected chi connectivity index (χ1v) is 12.2. The van der Waals surface area contributed by atoms with Crippen LogP contribution in [0.5, 0.6) is 11.5 Å².